The molecule has 0 saturated heterocycles. The van der Waals surface area contributed by atoms with Gasteiger partial charge in [0.15, 0.2) is 0 Å². The molecule has 0 aliphatic heterocycles. The number of carbonyl (C=O) groups is 1. The highest BCUT2D eigenvalue weighted by molar-refractivity contribution is 5.96. The fourth-order valence-corrected chi connectivity index (χ4v) is 2.07. The quantitative estimate of drug-likeness (QED) is 0.935. The van der Waals surface area contributed by atoms with Gasteiger partial charge in [-0.25, -0.2) is 0 Å². The molecule has 0 fully saturated rings. The van der Waals surface area contributed by atoms with Crippen LogP contribution in [0.25, 0.3) is 5.69 Å². The smallest absolute Gasteiger partial charge is 0.269 e. The van der Waals surface area contributed by atoms with Crippen LogP contribution in [0.2, 0.25) is 0 Å². The van der Waals surface area contributed by atoms with E-state index in [-0.39, 0.29) is 11.9 Å². The lowest BCUT2D eigenvalue weighted by molar-refractivity contribution is 0.0932. The molecule has 1 unspecified atom stereocenters. The molecule has 1 aromatic carbocycles. The monoisotopic (exact) mass is 281 g/mol. The number of hydrogen-bond acceptors (Lipinski definition) is 2. The van der Waals surface area contributed by atoms with Gasteiger partial charge < -0.3 is 9.88 Å². The topological polar surface area (TPSA) is 57.8 Å². The average molecular weight is 281 g/mol. The van der Waals surface area contributed by atoms with Crippen molar-refractivity contribution in [1.82, 2.24) is 9.88 Å². The molecule has 0 aliphatic carbocycles. The molecule has 2 aromatic rings. The molecule has 1 aromatic heterocycles. The standard InChI is InChI=1S/C17H19N3O/c1-4-13(3)19-17(21)16-14(11-18)9-10-20(16)15-7-5-12(2)6-8-15/h5-10,13H,4H2,1-3H3,(H,19,21). The summed E-state index contributed by atoms with van der Waals surface area (Å²) >= 11 is 0. The van der Waals surface area contributed by atoms with Crippen molar-refractivity contribution in [1.29, 1.82) is 5.26 Å². The number of amides is 1. The maximum absolute atomic E-state index is 12.4. The number of aryl methyl sites for hydroxylation is 1. The van der Waals surface area contributed by atoms with Crippen LogP contribution in [0.4, 0.5) is 0 Å². The molecule has 0 bridgehead atoms. The Hall–Kier alpha value is -2.54. The number of aromatic nitrogens is 1. The minimum Gasteiger partial charge on any atom is -0.348 e. The first kappa shape index (κ1) is 14.9. The Labute approximate surface area is 125 Å². The van der Waals surface area contributed by atoms with Crippen molar-refractivity contribution < 1.29 is 4.79 Å². The molecule has 4 heteroatoms. The predicted octanol–water partition coefficient (Wildman–Crippen LogP) is 3.19. The number of carbonyl (C=O) groups excluding carboxylic acids is 1. The van der Waals surface area contributed by atoms with Gasteiger partial charge in [-0.3, -0.25) is 4.79 Å². The van der Waals surface area contributed by atoms with Gasteiger partial charge in [-0.05, 0) is 38.5 Å². The maximum atomic E-state index is 12.4. The second-order valence-electron chi connectivity index (χ2n) is 5.18. The molecule has 1 heterocycles. The molecule has 4 nitrogen and oxygen atoms in total. The predicted molar refractivity (Wildman–Crippen MR) is 82.4 cm³/mol. The van der Waals surface area contributed by atoms with Crippen molar-refractivity contribution >= 4 is 5.91 Å². The van der Waals surface area contributed by atoms with Gasteiger partial charge in [0, 0.05) is 17.9 Å². The van der Waals surface area contributed by atoms with E-state index in [2.05, 4.69) is 11.4 Å². The largest absolute Gasteiger partial charge is 0.348 e. The van der Waals surface area contributed by atoms with Crippen LogP contribution in [-0.2, 0) is 0 Å². The van der Waals surface area contributed by atoms with Crippen molar-refractivity contribution in [2.45, 2.75) is 33.2 Å². The van der Waals surface area contributed by atoms with E-state index in [0.717, 1.165) is 17.7 Å². The number of hydrogen-bond donors (Lipinski definition) is 1. The summed E-state index contributed by atoms with van der Waals surface area (Å²) < 4.78 is 1.76. The van der Waals surface area contributed by atoms with Gasteiger partial charge in [0.1, 0.15) is 11.8 Å². The van der Waals surface area contributed by atoms with Gasteiger partial charge in [-0.15, -0.1) is 0 Å². The van der Waals surface area contributed by atoms with Gasteiger partial charge in [-0.2, -0.15) is 5.26 Å². The van der Waals surface area contributed by atoms with Crippen LogP contribution in [0, 0.1) is 18.3 Å². The first-order valence-electron chi connectivity index (χ1n) is 7.06. The SMILES string of the molecule is CCC(C)NC(=O)c1c(C#N)ccn1-c1ccc(C)cc1. The van der Waals surface area contributed by atoms with E-state index < -0.39 is 0 Å². The number of nitrogens with one attached hydrogen (secondary N) is 1. The molecule has 0 aliphatic rings. The van der Waals surface area contributed by atoms with Crippen LogP contribution in [0.1, 0.15) is 41.9 Å². The van der Waals surface area contributed by atoms with Crippen LogP contribution in [0.5, 0.6) is 0 Å². The van der Waals surface area contributed by atoms with Crippen LogP contribution in [-0.4, -0.2) is 16.5 Å². The molecule has 2 rings (SSSR count). The Morgan fingerprint density at radius 1 is 1.33 bits per heavy atom. The fraction of sp³-hybridized carbons (Fsp3) is 0.294. The van der Waals surface area contributed by atoms with E-state index in [1.54, 1.807) is 16.8 Å². The van der Waals surface area contributed by atoms with E-state index in [9.17, 15) is 10.1 Å². The Balaban J connectivity index is 2.44. The van der Waals surface area contributed by atoms with E-state index in [1.165, 1.54) is 0 Å². The highest BCUT2D eigenvalue weighted by Crippen LogP contribution is 2.18. The van der Waals surface area contributed by atoms with Crippen molar-refractivity contribution in [3.05, 3.63) is 53.3 Å². The minimum absolute atomic E-state index is 0.0745. The molecule has 0 saturated carbocycles. The zero-order valence-corrected chi connectivity index (χ0v) is 12.6. The minimum atomic E-state index is -0.216. The van der Waals surface area contributed by atoms with Crippen LogP contribution >= 0.6 is 0 Å². The van der Waals surface area contributed by atoms with E-state index in [0.29, 0.717) is 11.3 Å². The second kappa shape index (κ2) is 6.27. The molecular weight excluding hydrogens is 262 g/mol. The Morgan fingerprint density at radius 3 is 2.57 bits per heavy atom. The third-order valence-corrected chi connectivity index (χ3v) is 3.52. The molecule has 0 spiro atoms. The van der Waals surface area contributed by atoms with Crippen molar-refractivity contribution in [2.75, 3.05) is 0 Å². The normalized spacial score (nSPS) is 11.7. The summed E-state index contributed by atoms with van der Waals surface area (Å²) in [4.78, 5) is 12.4. The lowest BCUT2D eigenvalue weighted by atomic mass is 10.2. The Kier molecular flexibility index (Phi) is 4.44. The molecule has 1 N–H and O–H groups in total. The highest BCUT2D eigenvalue weighted by Gasteiger charge is 2.19. The van der Waals surface area contributed by atoms with Crippen molar-refractivity contribution in [2.24, 2.45) is 0 Å². The van der Waals surface area contributed by atoms with Gasteiger partial charge in [0.2, 0.25) is 0 Å². The number of nitriles is 1. The second-order valence-corrected chi connectivity index (χ2v) is 5.18. The fourth-order valence-electron chi connectivity index (χ4n) is 2.07. The summed E-state index contributed by atoms with van der Waals surface area (Å²) in [6, 6.07) is 11.7. The molecular formula is C17H19N3O. The zero-order chi connectivity index (χ0) is 15.4. The number of nitrogens with zero attached hydrogens (tertiary/aromatic N) is 2. The van der Waals surface area contributed by atoms with E-state index >= 15 is 0 Å². The summed E-state index contributed by atoms with van der Waals surface area (Å²) in [5.41, 5.74) is 2.80. The van der Waals surface area contributed by atoms with E-state index in [1.807, 2.05) is 45.0 Å². The maximum Gasteiger partial charge on any atom is 0.269 e. The van der Waals surface area contributed by atoms with Crippen molar-refractivity contribution in [3.8, 4) is 11.8 Å². The summed E-state index contributed by atoms with van der Waals surface area (Å²) in [5, 5.41) is 12.1. The Bertz CT molecular complexity index is 677. The third-order valence-electron chi connectivity index (χ3n) is 3.52. The van der Waals surface area contributed by atoms with Crippen LogP contribution in [0.15, 0.2) is 36.5 Å². The molecule has 108 valence electrons. The van der Waals surface area contributed by atoms with Gasteiger partial charge in [0.05, 0.1) is 5.56 Å². The summed E-state index contributed by atoms with van der Waals surface area (Å²) in [5.74, 6) is -0.216. The molecule has 1 amide bonds. The third kappa shape index (κ3) is 3.14. The van der Waals surface area contributed by atoms with Crippen molar-refractivity contribution in [3.63, 3.8) is 0 Å². The molecule has 0 radical (unpaired) electrons. The van der Waals surface area contributed by atoms with Gasteiger partial charge >= 0.3 is 0 Å². The Morgan fingerprint density at radius 2 is 2.00 bits per heavy atom. The summed E-state index contributed by atoms with van der Waals surface area (Å²) in [6.07, 6.45) is 2.60. The average Bonchev–Trinajstić information content (AvgIpc) is 2.91. The summed E-state index contributed by atoms with van der Waals surface area (Å²) in [6.45, 7) is 5.97. The van der Waals surface area contributed by atoms with Crippen LogP contribution < -0.4 is 5.32 Å². The first-order valence-corrected chi connectivity index (χ1v) is 7.06. The molecule has 1 atom stereocenters. The first-order chi connectivity index (χ1) is 10.1. The lowest BCUT2D eigenvalue weighted by Crippen LogP contribution is -2.33. The summed E-state index contributed by atoms with van der Waals surface area (Å²) in [7, 11) is 0. The highest BCUT2D eigenvalue weighted by atomic mass is 16.2. The zero-order valence-electron chi connectivity index (χ0n) is 12.6. The van der Waals surface area contributed by atoms with E-state index in [4.69, 9.17) is 0 Å². The number of rotatable bonds is 4. The van der Waals surface area contributed by atoms with Gasteiger partial charge in [0.25, 0.3) is 5.91 Å². The molecule has 21 heavy (non-hydrogen) atoms. The lowest BCUT2D eigenvalue weighted by Gasteiger charge is -2.14. The number of benzene rings is 1. The van der Waals surface area contributed by atoms with Gasteiger partial charge in [-0.1, -0.05) is 24.6 Å². The van der Waals surface area contributed by atoms with Crippen LogP contribution in [0.3, 0.4) is 0 Å².